The first-order valence-corrected chi connectivity index (χ1v) is 4.95. The maximum atomic E-state index is 10.6. The number of benzene rings is 2. The Bertz CT molecular complexity index is 535. The summed E-state index contributed by atoms with van der Waals surface area (Å²) in [5, 5.41) is 12.4. The quantitative estimate of drug-likeness (QED) is 0.772. The Balaban J connectivity index is 2.60. The lowest BCUT2D eigenvalue weighted by Gasteiger charge is -2.07. The highest BCUT2D eigenvalue weighted by molar-refractivity contribution is 5.73. The van der Waals surface area contributed by atoms with Crippen molar-refractivity contribution in [2.45, 2.75) is 6.92 Å². The molecule has 0 aliphatic heterocycles. The van der Waals surface area contributed by atoms with Crippen molar-refractivity contribution < 1.29 is 5.11 Å². The summed E-state index contributed by atoms with van der Waals surface area (Å²) in [6.07, 6.45) is 0. The van der Waals surface area contributed by atoms with Crippen LogP contribution in [0.3, 0.4) is 0 Å². The van der Waals surface area contributed by atoms with Gasteiger partial charge in [0.05, 0.1) is 0 Å². The van der Waals surface area contributed by atoms with Gasteiger partial charge in [0.2, 0.25) is 0 Å². The standard InChI is InChI=1S/C13H11NO2/c1-9-12(6-3-7-13(9)14-16)10-4-2-5-11(15)8-10/h2-8,15H,1H3. The smallest absolute Gasteiger partial charge is 0.116 e. The average molecular weight is 213 g/mol. The third-order valence-corrected chi connectivity index (χ3v) is 2.56. The maximum Gasteiger partial charge on any atom is 0.116 e. The van der Waals surface area contributed by atoms with Crippen LogP contribution < -0.4 is 0 Å². The Morgan fingerprint density at radius 3 is 2.56 bits per heavy atom. The number of nitrogens with zero attached hydrogens (tertiary/aromatic N) is 1. The fourth-order valence-corrected chi connectivity index (χ4v) is 1.71. The normalized spacial score (nSPS) is 10.1. The van der Waals surface area contributed by atoms with E-state index >= 15 is 0 Å². The Kier molecular flexibility index (Phi) is 2.68. The van der Waals surface area contributed by atoms with Crippen LogP contribution >= 0.6 is 0 Å². The zero-order valence-corrected chi connectivity index (χ0v) is 8.84. The Hall–Kier alpha value is -2.16. The molecule has 0 bridgehead atoms. The monoisotopic (exact) mass is 213 g/mol. The molecule has 3 heteroatoms. The van der Waals surface area contributed by atoms with Gasteiger partial charge in [-0.25, -0.2) is 0 Å². The zero-order valence-electron chi connectivity index (χ0n) is 8.84. The number of phenolic OH excluding ortho intramolecular Hbond substituents is 1. The van der Waals surface area contributed by atoms with Crippen molar-refractivity contribution in [3.05, 3.63) is 52.9 Å². The molecule has 0 saturated carbocycles. The van der Waals surface area contributed by atoms with Crippen LogP contribution in [0.1, 0.15) is 5.56 Å². The van der Waals surface area contributed by atoms with Crippen LogP contribution in [-0.2, 0) is 0 Å². The molecule has 2 rings (SSSR count). The van der Waals surface area contributed by atoms with E-state index in [-0.39, 0.29) is 5.75 Å². The number of nitroso groups, excluding NO2 is 1. The molecule has 0 radical (unpaired) electrons. The molecule has 0 fully saturated rings. The molecule has 2 aromatic carbocycles. The summed E-state index contributed by atoms with van der Waals surface area (Å²) in [7, 11) is 0. The van der Waals surface area contributed by atoms with Gasteiger partial charge in [-0.1, -0.05) is 24.3 Å². The van der Waals surface area contributed by atoms with Crippen molar-refractivity contribution in [3.8, 4) is 16.9 Å². The van der Waals surface area contributed by atoms with E-state index in [0.717, 1.165) is 16.7 Å². The largest absolute Gasteiger partial charge is 0.508 e. The molecule has 0 heterocycles. The molecule has 0 atom stereocenters. The van der Waals surface area contributed by atoms with Gasteiger partial charge in [-0.05, 0) is 47.0 Å². The molecule has 16 heavy (non-hydrogen) atoms. The Morgan fingerprint density at radius 1 is 1.12 bits per heavy atom. The van der Waals surface area contributed by atoms with E-state index < -0.39 is 0 Å². The first-order chi connectivity index (χ1) is 7.72. The number of hydrogen-bond acceptors (Lipinski definition) is 3. The van der Waals surface area contributed by atoms with Gasteiger partial charge in [-0.2, -0.15) is 0 Å². The van der Waals surface area contributed by atoms with Crippen LogP contribution in [-0.4, -0.2) is 5.11 Å². The molecule has 0 aliphatic carbocycles. The third kappa shape index (κ3) is 1.80. The van der Waals surface area contributed by atoms with Gasteiger partial charge in [-0.15, -0.1) is 4.91 Å². The predicted octanol–water partition coefficient (Wildman–Crippen LogP) is 3.77. The number of hydrogen-bond donors (Lipinski definition) is 1. The van der Waals surface area contributed by atoms with Crippen LogP contribution in [0.25, 0.3) is 11.1 Å². The van der Waals surface area contributed by atoms with E-state index in [1.807, 2.05) is 19.1 Å². The van der Waals surface area contributed by atoms with Crippen molar-refractivity contribution in [2.75, 3.05) is 0 Å². The second-order valence-electron chi connectivity index (χ2n) is 3.59. The van der Waals surface area contributed by atoms with Gasteiger partial charge in [-0.3, -0.25) is 0 Å². The summed E-state index contributed by atoms with van der Waals surface area (Å²) >= 11 is 0. The lowest BCUT2D eigenvalue weighted by atomic mass is 9.99. The van der Waals surface area contributed by atoms with Crippen molar-refractivity contribution in [3.63, 3.8) is 0 Å². The van der Waals surface area contributed by atoms with E-state index in [9.17, 15) is 10.0 Å². The van der Waals surface area contributed by atoms with Gasteiger partial charge < -0.3 is 5.11 Å². The van der Waals surface area contributed by atoms with Gasteiger partial charge in [0.25, 0.3) is 0 Å². The van der Waals surface area contributed by atoms with Crippen LogP contribution in [0, 0.1) is 11.8 Å². The third-order valence-electron chi connectivity index (χ3n) is 2.56. The molecule has 0 aliphatic rings. The molecular formula is C13H11NO2. The second kappa shape index (κ2) is 4.14. The van der Waals surface area contributed by atoms with Crippen molar-refractivity contribution >= 4 is 5.69 Å². The molecule has 2 aromatic rings. The second-order valence-corrected chi connectivity index (χ2v) is 3.59. The molecule has 0 saturated heterocycles. The lowest BCUT2D eigenvalue weighted by Crippen LogP contribution is -1.83. The minimum absolute atomic E-state index is 0.210. The minimum Gasteiger partial charge on any atom is -0.508 e. The summed E-state index contributed by atoms with van der Waals surface area (Å²) in [6.45, 7) is 1.84. The van der Waals surface area contributed by atoms with E-state index in [1.54, 1.807) is 30.3 Å². The highest BCUT2D eigenvalue weighted by Crippen LogP contribution is 2.31. The van der Waals surface area contributed by atoms with Crippen molar-refractivity contribution in [1.82, 2.24) is 0 Å². The van der Waals surface area contributed by atoms with E-state index in [2.05, 4.69) is 5.18 Å². The number of rotatable bonds is 2. The molecule has 1 N–H and O–H groups in total. The van der Waals surface area contributed by atoms with E-state index in [1.165, 1.54) is 0 Å². The fourth-order valence-electron chi connectivity index (χ4n) is 1.71. The summed E-state index contributed by atoms with van der Waals surface area (Å²) in [5.74, 6) is 0.210. The van der Waals surface area contributed by atoms with Crippen molar-refractivity contribution in [2.24, 2.45) is 5.18 Å². The highest BCUT2D eigenvalue weighted by atomic mass is 16.3. The lowest BCUT2D eigenvalue weighted by molar-refractivity contribution is 0.475. The highest BCUT2D eigenvalue weighted by Gasteiger charge is 2.06. The van der Waals surface area contributed by atoms with E-state index in [0.29, 0.717) is 5.69 Å². The van der Waals surface area contributed by atoms with Gasteiger partial charge >= 0.3 is 0 Å². The average Bonchev–Trinajstić information content (AvgIpc) is 2.29. The first kappa shape index (κ1) is 10.4. The van der Waals surface area contributed by atoms with Crippen LogP contribution in [0.15, 0.2) is 47.6 Å². The van der Waals surface area contributed by atoms with Crippen LogP contribution in [0.5, 0.6) is 5.75 Å². The molecule has 0 spiro atoms. The van der Waals surface area contributed by atoms with E-state index in [4.69, 9.17) is 0 Å². The van der Waals surface area contributed by atoms with Crippen LogP contribution in [0.4, 0.5) is 5.69 Å². The van der Waals surface area contributed by atoms with Gasteiger partial charge in [0.15, 0.2) is 0 Å². The van der Waals surface area contributed by atoms with Gasteiger partial charge in [0.1, 0.15) is 11.4 Å². The number of aromatic hydroxyl groups is 1. The topological polar surface area (TPSA) is 49.7 Å². The predicted molar refractivity (Wildman–Crippen MR) is 63.7 cm³/mol. The maximum absolute atomic E-state index is 10.6. The number of phenols is 1. The summed E-state index contributed by atoms with van der Waals surface area (Å²) in [5.41, 5.74) is 3.04. The zero-order chi connectivity index (χ0) is 11.5. The molecule has 0 amide bonds. The first-order valence-electron chi connectivity index (χ1n) is 4.95. The molecular weight excluding hydrogens is 202 g/mol. The summed E-state index contributed by atoms with van der Waals surface area (Å²) < 4.78 is 0. The Morgan fingerprint density at radius 2 is 1.88 bits per heavy atom. The van der Waals surface area contributed by atoms with Crippen molar-refractivity contribution in [1.29, 1.82) is 0 Å². The molecule has 0 unspecified atom stereocenters. The van der Waals surface area contributed by atoms with Crippen LogP contribution in [0.2, 0.25) is 0 Å². The molecule has 3 nitrogen and oxygen atoms in total. The van der Waals surface area contributed by atoms with Gasteiger partial charge in [0, 0.05) is 0 Å². The Labute approximate surface area is 93.3 Å². The summed E-state index contributed by atoms with van der Waals surface area (Å²) in [6, 6.07) is 12.3. The molecule has 0 aromatic heterocycles. The molecule has 80 valence electrons. The minimum atomic E-state index is 0.210. The SMILES string of the molecule is Cc1c(N=O)cccc1-c1cccc(O)c1. The fraction of sp³-hybridized carbons (Fsp3) is 0.0769. The summed E-state index contributed by atoms with van der Waals surface area (Å²) in [4.78, 5) is 10.6.